The monoisotopic (exact) mass is 364 g/mol. The number of piperidine rings is 1. The number of amides is 1. The van der Waals surface area contributed by atoms with Crippen LogP contribution < -0.4 is 5.56 Å². The Kier molecular flexibility index (Phi) is 4.58. The highest BCUT2D eigenvalue weighted by Crippen LogP contribution is 2.27. The predicted molar refractivity (Wildman–Crippen MR) is 99.4 cm³/mol. The molecule has 0 atom stereocenters. The van der Waals surface area contributed by atoms with Crippen molar-refractivity contribution in [2.45, 2.75) is 25.7 Å². The van der Waals surface area contributed by atoms with Crippen LogP contribution in [0.5, 0.6) is 0 Å². The summed E-state index contributed by atoms with van der Waals surface area (Å²) in [4.78, 5) is 33.3. The Morgan fingerprint density at radius 3 is 2.63 bits per heavy atom. The van der Waals surface area contributed by atoms with E-state index < -0.39 is 0 Å². The number of benzene rings is 1. The van der Waals surface area contributed by atoms with E-state index in [4.69, 9.17) is 4.52 Å². The van der Waals surface area contributed by atoms with Crippen LogP contribution >= 0.6 is 0 Å². The third-order valence-corrected chi connectivity index (χ3v) is 4.87. The molecular weight excluding hydrogens is 344 g/mol. The second kappa shape index (κ2) is 7.19. The third-order valence-electron chi connectivity index (χ3n) is 4.87. The van der Waals surface area contributed by atoms with Gasteiger partial charge in [-0.05, 0) is 19.8 Å². The lowest BCUT2D eigenvalue weighted by Gasteiger charge is -2.31. The quantitative estimate of drug-likeness (QED) is 0.771. The second-order valence-electron chi connectivity index (χ2n) is 6.76. The van der Waals surface area contributed by atoms with Crippen molar-refractivity contribution in [1.82, 2.24) is 20.0 Å². The average Bonchev–Trinajstić information content (AvgIpc) is 3.18. The van der Waals surface area contributed by atoms with Crippen LogP contribution in [0.4, 0.5) is 0 Å². The molecule has 1 aliphatic heterocycles. The molecule has 1 aliphatic rings. The molecule has 27 heavy (non-hydrogen) atoms. The highest BCUT2D eigenvalue weighted by Gasteiger charge is 2.27. The molecule has 1 amide bonds. The zero-order chi connectivity index (χ0) is 18.8. The van der Waals surface area contributed by atoms with Crippen LogP contribution in [0.2, 0.25) is 0 Å². The fourth-order valence-electron chi connectivity index (χ4n) is 3.47. The molecule has 0 bridgehead atoms. The largest absolute Gasteiger partial charge is 0.355 e. The van der Waals surface area contributed by atoms with Crippen molar-refractivity contribution in [2.24, 2.45) is 0 Å². The lowest BCUT2D eigenvalue weighted by molar-refractivity contribution is 0.0701. The van der Waals surface area contributed by atoms with Gasteiger partial charge in [-0.15, -0.1) is 0 Å². The van der Waals surface area contributed by atoms with Gasteiger partial charge < -0.3 is 14.4 Å². The highest BCUT2D eigenvalue weighted by atomic mass is 16.5. The van der Waals surface area contributed by atoms with Gasteiger partial charge in [0.1, 0.15) is 5.82 Å². The van der Waals surface area contributed by atoms with Gasteiger partial charge in [-0.25, -0.2) is 4.98 Å². The van der Waals surface area contributed by atoms with E-state index in [1.807, 2.05) is 30.3 Å². The fourth-order valence-corrected chi connectivity index (χ4v) is 3.47. The maximum absolute atomic E-state index is 12.7. The summed E-state index contributed by atoms with van der Waals surface area (Å²) in [6.07, 6.45) is 1.54. The van der Waals surface area contributed by atoms with Gasteiger partial charge >= 0.3 is 0 Å². The van der Waals surface area contributed by atoms with Crippen molar-refractivity contribution >= 4 is 5.91 Å². The molecular formula is C20H20N4O3. The van der Waals surface area contributed by atoms with Crippen molar-refractivity contribution < 1.29 is 9.32 Å². The van der Waals surface area contributed by atoms with Gasteiger partial charge in [-0.2, -0.15) is 0 Å². The normalized spacial score (nSPS) is 15.1. The number of aromatic nitrogens is 3. The molecule has 0 spiro atoms. The van der Waals surface area contributed by atoms with Gasteiger partial charge in [0.2, 0.25) is 0 Å². The number of carbonyl (C=O) groups is 1. The molecule has 1 saturated heterocycles. The van der Waals surface area contributed by atoms with E-state index in [0.717, 1.165) is 24.1 Å². The number of rotatable bonds is 3. The molecule has 0 aliphatic carbocycles. The number of carbonyl (C=O) groups excluding carboxylic acids is 1. The minimum absolute atomic E-state index is 0.130. The van der Waals surface area contributed by atoms with Gasteiger partial charge in [0.25, 0.3) is 11.5 Å². The van der Waals surface area contributed by atoms with E-state index in [1.54, 1.807) is 24.0 Å². The van der Waals surface area contributed by atoms with E-state index >= 15 is 0 Å². The molecule has 7 nitrogen and oxygen atoms in total. The Labute approximate surface area is 156 Å². The lowest BCUT2D eigenvalue weighted by atomic mass is 9.93. The van der Waals surface area contributed by atoms with Gasteiger partial charge in [0.15, 0.2) is 11.5 Å². The van der Waals surface area contributed by atoms with E-state index in [9.17, 15) is 9.59 Å². The van der Waals surface area contributed by atoms with E-state index in [2.05, 4.69) is 15.1 Å². The number of nitrogens with zero attached hydrogens (tertiary/aromatic N) is 3. The first-order valence-corrected chi connectivity index (χ1v) is 8.99. The number of nitrogens with one attached hydrogen (secondary N) is 1. The molecule has 2 aromatic heterocycles. The molecule has 1 fully saturated rings. The van der Waals surface area contributed by atoms with Crippen LogP contribution in [-0.2, 0) is 0 Å². The van der Waals surface area contributed by atoms with Crippen LogP contribution in [0.25, 0.3) is 11.3 Å². The third kappa shape index (κ3) is 3.67. The van der Waals surface area contributed by atoms with Crippen LogP contribution in [0.15, 0.2) is 51.8 Å². The van der Waals surface area contributed by atoms with Crippen molar-refractivity contribution in [3.63, 3.8) is 0 Å². The summed E-state index contributed by atoms with van der Waals surface area (Å²) in [5, 5.41) is 3.94. The standard InChI is InChI=1S/C20H20N4O3/c1-13-21-16(12-19(25)22-13)14-7-9-24(10-8-14)20(26)17-11-18(27-23-17)15-5-3-2-4-6-15/h2-6,11-12,14H,7-10H2,1H3,(H,21,22,25). The first kappa shape index (κ1) is 17.2. The molecule has 0 saturated carbocycles. The number of H-pyrrole nitrogens is 1. The maximum atomic E-state index is 12.7. The van der Waals surface area contributed by atoms with E-state index in [-0.39, 0.29) is 17.4 Å². The Hall–Kier alpha value is -3.22. The second-order valence-corrected chi connectivity index (χ2v) is 6.76. The van der Waals surface area contributed by atoms with Gasteiger partial charge in [-0.3, -0.25) is 9.59 Å². The molecule has 0 radical (unpaired) electrons. The smallest absolute Gasteiger partial charge is 0.276 e. The first-order chi connectivity index (χ1) is 13.1. The predicted octanol–water partition coefficient (Wildman–Crippen LogP) is 2.75. The number of hydrogen-bond donors (Lipinski definition) is 1. The summed E-state index contributed by atoms with van der Waals surface area (Å²) in [5.41, 5.74) is 1.87. The Morgan fingerprint density at radius 1 is 1.19 bits per heavy atom. The molecule has 3 aromatic rings. The van der Waals surface area contributed by atoms with Crippen LogP contribution in [-0.4, -0.2) is 39.0 Å². The zero-order valence-corrected chi connectivity index (χ0v) is 15.0. The SMILES string of the molecule is Cc1nc(C2CCN(C(=O)c3cc(-c4ccccc4)on3)CC2)cc(=O)[nH]1. The topological polar surface area (TPSA) is 92.1 Å². The summed E-state index contributed by atoms with van der Waals surface area (Å²) in [6.45, 7) is 2.98. The lowest BCUT2D eigenvalue weighted by Crippen LogP contribution is -2.38. The molecule has 1 aromatic carbocycles. The number of hydrogen-bond acceptors (Lipinski definition) is 5. The average molecular weight is 364 g/mol. The molecule has 7 heteroatoms. The molecule has 4 rings (SSSR count). The van der Waals surface area contributed by atoms with Gasteiger partial charge in [-0.1, -0.05) is 35.5 Å². The summed E-state index contributed by atoms with van der Waals surface area (Å²) in [6, 6.07) is 12.8. The minimum Gasteiger partial charge on any atom is -0.355 e. The molecule has 3 heterocycles. The van der Waals surface area contributed by atoms with Crippen molar-refractivity contribution in [3.8, 4) is 11.3 Å². The summed E-state index contributed by atoms with van der Waals surface area (Å²) in [7, 11) is 0. The van der Waals surface area contributed by atoms with Crippen LogP contribution in [0.3, 0.4) is 0 Å². The van der Waals surface area contributed by atoms with E-state index in [1.165, 1.54) is 0 Å². The fraction of sp³-hybridized carbons (Fsp3) is 0.300. The van der Waals surface area contributed by atoms with E-state index in [0.29, 0.717) is 30.4 Å². The van der Waals surface area contributed by atoms with Crippen LogP contribution in [0, 0.1) is 6.92 Å². The zero-order valence-electron chi connectivity index (χ0n) is 15.0. The highest BCUT2D eigenvalue weighted by molar-refractivity contribution is 5.93. The summed E-state index contributed by atoms with van der Waals surface area (Å²) in [5.74, 6) is 1.26. The number of aromatic amines is 1. The Bertz CT molecular complexity index is 1000. The maximum Gasteiger partial charge on any atom is 0.276 e. The molecule has 0 unspecified atom stereocenters. The van der Waals surface area contributed by atoms with Crippen molar-refractivity contribution in [3.05, 3.63) is 70.0 Å². The van der Waals surface area contributed by atoms with Gasteiger partial charge in [0, 0.05) is 36.7 Å². The number of likely N-dealkylation sites (tertiary alicyclic amines) is 1. The first-order valence-electron chi connectivity index (χ1n) is 8.99. The van der Waals surface area contributed by atoms with Crippen molar-refractivity contribution in [2.75, 3.05) is 13.1 Å². The Morgan fingerprint density at radius 2 is 1.93 bits per heavy atom. The van der Waals surface area contributed by atoms with Crippen molar-refractivity contribution in [1.29, 1.82) is 0 Å². The van der Waals surface area contributed by atoms with Gasteiger partial charge in [0.05, 0.1) is 5.69 Å². The molecule has 1 N–H and O–H groups in total. The number of aryl methyl sites for hydroxylation is 1. The van der Waals surface area contributed by atoms with Crippen LogP contribution in [0.1, 0.15) is 40.8 Å². The summed E-state index contributed by atoms with van der Waals surface area (Å²) >= 11 is 0. The Balaban J connectivity index is 1.43. The summed E-state index contributed by atoms with van der Waals surface area (Å²) < 4.78 is 5.33. The minimum atomic E-state index is -0.132. The molecule has 138 valence electrons.